The van der Waals surface area contributed by atoms with E-state index in [0.717, 1.165) is 35.7 Å². The molecular formula is C15H23NO3S. The van der Waals surface area contributed by atoms with E-state index in [2.05, 4.69) is 5.32 Å². The number of furan rings is 1. The van der Waals surface area contributed by atoms with Crippen molar-refractivity contribution in [3.8, 4) is 0 Å². The van der Waals surface area contributed by atoms with Gasteiger partial charge in [-0.25, -0.2) is 0 Å². The molecule has 1 saturated carbocycles. The molecule has 1 aromatic heterocycles. The summed E-state index contributed by atoms with van der Waals surface area (Å²) in [6.45, 7) is 3.90. The second-order valence-corrected chi connectivity index (χ2v) is 6.59. The van der Waals surface area contributed by atoms with Gasteiger partial charge in [0.1, 0.15) is 11.3 Å². The van der Waals surface area contributed by atoms with Crippen LogP contribution in [0.5, 0.6) is 0 Å². The van der Waals surface area contributed by atoms with E-state index in [1.165, 1.54) is 0 Å². The van der Waals surface area contributed by atoms with Gasteiger partial charge in [-0.2, -0.15) is 0 Å². The Bertz CT molecular complexity index is 456. The van der Waals surface area contributed by atoms with Gasteiger partial charge in [-0.1, -0.05) is 6.92 Å². The van der Waals surface area contributed by atoms with Crippen LogP contribution in [0.3, 0.4) is 0 Å². The molecule has 2 rings (SSSR count). The summed E-state index contributed by atoms with van der Waals surface area (Å²) in [5.74, 6) is 1.14. The number of hydrogen-bond donors (Lipinski definition) is 2. The molecule has 0 aromatic carbocycles. The molecule has 0 spiro atoms. The fourth-order valence-corrected chi connectivity index (χ4v) is 3.28. The van der Waals surface area contributed by atoms with Gasteiger partial charge in [0.25, 0.3) is 0 Å². The minimum absolute atomic E-state index is 0.412. The van der Waals surface area contributed by atoms with Gasteiger partial charge in [0.05, 0.1) is 6.26 Å². The van der Waals surface area contributed by atoms with Crippen LogP contribution in [0.15, 0.2) is 21.6 Å². The van der Waals surface area contributed by atoms with E-state index in [9.17, 15) is 9.90 Å². The number of nitrogens with one attached hydrogen (secondary N) is 1. The first kappa shape index (κ1) is 15.4. The average Bonchev–Trinajstić information content (AvgIpc) is 3.14. The first-order valence-corrected chi connectivity index (χ1v) is 8.24. The monoisotopic (exact) mass is 297 g/mol. The van der Waals surface area contributed by atoms with Crippen LogP contribution in [0.4, 0.5) is 0 Å². The molecule has 0 aliphatic heterocycles. The Morgan fingerprint density at radius 3 is 2.85 bits per heavy atom. The topological polar surface area (TPSA) is 62.5 Å². The molecule has 1 unspecified atom stereocenters. The van der Waals surface area contributed by atoms with Crippen LogP contribution >= 0.6 is 11.8 Å². The highest BCUT2D eigenvalue weighted by Crippen LogP contribution is 2.29. The van der Waals surface area contributed by atoms with Gasteiger partial charge in [0.2, 0.25) is 0 Å². The van der Waals surface area contributed by atoms with Gasteiger partial charge in [0, 0.05) is 10.9 Å². The van der Waals surface area contributed by atoms with Gasteiger partial charge >= 0.3 is 5.97 Å². The van der Waals surface area contributed by atoms with E-state index in [1.807, 2.05) is 19.9 Å². The minimum Gasteiger partial charge on any atom is -0.480 e. The minimum atomic E-state index is -0.743. The molecule has 5 heteroatoms. The largest absolute Gasteiger partial charge is 0.480 e. The predicted octanol–water partition coefficient (Wildman–Crippen LogP) is 3.45. The van der Waals surface area contributed by atoms with Gasteiger partial charge in [-0.05, 0) is 50.8 Å². The predicted molar refractivity (Wildman–Crippen MR) is 80.2 cm³/mol. The summed E-state index contributed by atoms with van der Waals surface area (Å²) in [6, 6.07) is 2.38. The standard InChI is InChI=1S/C15H23NO3S/c1-3-15(14(17)18,16-12-5-6-12)8-4-10-20-13-7-9-19-11(13)2/h7,9,12,16H,3-6,8,10H2,1-2H3,(H,17,18). The zero-order valence-electron chi connectivity index (χ0n) is 12.1. The summed E-state index contributed by atoms with van der Waals surface area (Å²) in [5.41, 5.74) is -0.743. The average molecular weight is 297 g/mol. The lowest BCUT2D eigenvalue weighted by Crippen LogP contribution is -2.52. The molecule has 1 aromatic rings. The van der Waals surface area contributed by atoms with Crippen LogP contribution in [0, 0.1) is 6.92 Å². The van der Waals surface area contributed by atoms with E-state index in [-0.39, 0.29) is 0 Å². The maximum absolute atomic E-state index is 11.6. The number of hydrogen-bond acceptors (Lipinski definition) is 4. The molecule has 1 aliphatic carbocycles. The Labute approximate surface area is 124 Å². The Hall–Kier alpha value is -0.940. The van der Waals surface area contributed by atoms with Crippen molar-refractivity contribution in [3.05, 3.63) is 18.1 Å². The third-order valence-corrected chi connectivity index (χ3v) is 5.11. The number of carbonyl (C=O) groups is 1. The van der Waals surface area contributed by atoms with Crippen molar-refractivity contribution in [2.75, 3.05) is 5.75 Å². The molecule has 0 amide bonds. The van der Waals surface area contributed by atoms with Crippen LogP contribution in [0.1, 0.15) is 44.8 Å². The Morgan fingerprint density at radius 1 is 1.60 bits per heavy atom. The Kier molecular flexibility index (Phi) is 5.16. The first-order chi connectivity index (χ1) is 9.57. The van der Waals surface area contributed by atoms with Crippen molar-refractivity contribution in [1.82, 2.24) is 5.32 Å². The van der Waals surface area contributed by atoms with E-state index in [4.69, 9.17) is 4.42 Å². The van der Waals surface area contributed by atoms with Crippen molar-refractivity contribution in [2.45, 2.75) is 62.4 Å². The highest BCUT2D eigenvalue weighted by molar-refractivity contribution is 7.99. The summed E-state index contributed by atoms with van der Waals surface area (Å²) >= 11 is 1.74. The lowest BCUT2D eigenvalue weighted by atomic mass is 9.90. The molecule has 0 saturated heterocycles. The molecular weight excluding hydrogens is 274 g/mol. The van der Waals surface area contributed by atoms with E-state index in [1.54, 1.807) is 18.0 Å². The zero-order valence-corrected chi connectivity index (χ0v) is 13.0. The number of carboxylic acid groups (broad SMARTS) is 1. The number of aliphatic carboxylic acids is 1. The first-order valence-electron chi connectivity index (χ1n) is 7.25. The van der Waals surface area contributed by atoms with Crippen molar-refractivity contribution < 1.29 is 14.3 Å². The fourth-order valence-electron chi connectivity index (χ4n) is 2.37. The maximum atomic E-state index is 11.6. The summed E-state index contributed by atoms with van der Waals surface area (Å²) in [5, 5.41) is 12.9. The normalized spacial score (nSPS) is 17.9. The summed E-state index contributed by atoms with van der Waals surface area (Å²) in [7, 11) is 0. The second kappa shape index (κ2) is 6.68. The molecule has 0 bridgehead atoms. The Balaban J connectivity index is 1.82. The number of aryl methyl sites for hydroxylation is 1. The summed E-state index contributed by atoms with van der Waals surface area (Å²) in [4.78, 5) is 12.8. The molecule has 1 fully saturated rings. The van der Waals surface area contributed by atoms with Crippen molar-refractivity contribution in [1.29, 1.82) is 0 Å². The van der Waals surface area contributed by atoms with Gasteiger partial charge in [0.15, 0.2) is 0 Å². The molecule has 4 nitrogen and oxygen atoms in total. The van der Waals surface area contributed by atoms with E-state index >= 15 is 0 Å². The van der Waals surface area contributed by atoms with Crippen molar-refractivity contribution in [2.24, 2.45) is 0 Å². The molecule has 1 heterocycles. The summed E-state index contributed by atoms with van der Waals surface area (Å²) < 4.78 is 5.26. The molecule has 2 N–H and O–H groups in total. The smallest absolute Gasteiger partial charge is 0.323 e. The van der Waals surface area contributed by atoms with Crippen LogP contribution in [0.2, 0.25) is 0 Å². The Morgan fingerprint density at radius 2 is 2.35 bits per heavy atom. The number of rotatable bonds is 9. The highest BCUT2D eigenvalue weighted by Gasteiger charge is 2.40. The fraction of sp³-hybridized carbons (Fsp3) is 0.667. The van der Waals surface area contributed by atoms with Crippen molar-refractivity contribution in [3.63, 3.8) is 0 Å². The summed E-state index contributed by atoms with van der Waals surface area (Å²) in [6.07, 6.45) is 6.11. The van der Waals surface area contributed by atoms with Gasteiger partial charge in [-0.15, -0.1) is 11.8 Å². The molecule has 1 atom stereocenters. The van der Waals surface area contributed by atoms with Crippen LogP contribution in [-0.2, 0) is 4.79 Å². The third-order valence-electron chi connectivity index (χ3n) is 3.89. The van der Waals surface area contributed by atoms with Crippen LogP contribution in [0.25, 0.3) is 0 Å². The quantitative estimate of drug-likeness (QED) is 0.540. The SMILES string of the molecule is CCC(CCCSc1ccoc1C)(NC1CC1)C(=O)O. The zero-order chi connectivity index (χ0) is 14.6. The third kappa shape index (κ3) is 3.79. The number of thioether (sulfide) groups is 1. The van der Waals surface area contributed by atoms with Crippen LogP contribution in [-0.4, -0.2) is 28.4 Å². The molecule has 20 heavy (non-hydrogen) atoms. The van der Waals surface area contributed by atoms with Crippen LogP contribution < -0.4 is 5.32 Å². The van der Waals surface area contributed by atoms with E-state index in [0.29, 0.717) is 18.9 Å². The molecule has 112 valence electrons. The lowest BCUT2D eigenvalue weighted by molar-refractivity contribution is -0.145. The molecule has 1 aliphatic rings. The number of carboxylic acids is 1. The second-order valence-electron chi connectivity index (χ2n) is 5.45. The highest BCUT2D eigenvalue weighted by atomic mass is 32.2. The van der Waals surface area contributed by atoms with Gasteiger partial charge < -0.3 is 9.52 Å². The van der Waals surface area contributed by atoms with Crippen molar-refractivity contribution >= 4 is 17.7 Å². The molecule has 0 radical (unpaired) electrons. The van der Waals surface area contributed by atoms with Gasteiger partial charge in [-0.3, -0.25) is 10.1 Å². The maximum Gasteiger partial charge on any atom is 0.323 e. The lowest BCUT2D eigenvalue weighted by Gasteiger charge is -2.29. The van der Waals surface area contributed by atoms with E-state index < -0.39 is 11.5 Å².